The Morgan fingerprint density at radius 3 is 2.48 bits per heavy atom. The smallest absolute Gasteiger partial charge is 0.166 e. The van der Waals surface area contributed by atoms with Crippen LogP contribution in [0, 0.1) is 0 Å². The highest BCUT2D eigenvalue weighted by Crippen LogP contribution is 2.27. The molecule has 4 rings (SSSR count). The van der Waals surface area contributed by atoms with Crippen LogP contribution in [-0.4, -0.2) is 19.9 Å². The van der Waals surface area contributed by atoms with Crippen LogP contribution in [0.1, 0.15) is 17.3 Å². The molecule has 0 spiro atoms. The summed E-state index contributed by atoms with van der Waals surface area (Å²) in [6.07, 6.45) is 3.27. The van der Waals surface area contributed by atoms with E-state index >= 15 is 0 Å². The second-order valence-electron chi connectivity index (χ2n) is 5.57. The molecule has 0 radical (unpaired) electrons. The van der Waals surface area contributed by atoms with Crippen molar-refractivity contribution in [2.45, 2.75) is 6.04 Å². The van der Waals surface area contributed by atoms with E-state index in [1.807, 2.05) is 42.5 Å². The highest BCUT2D eigenvalue weighted by atomic mass is 15.1. The van der Waals surface area contributed by atoms with Gasteiger partial charge in [0.1, 0.15) is 18.0 Å². The van der Waals surface area contributed by atoms with E-state index in [4.69, 9.17) is 5.73 Å². The van der Waals surface area contributed by atoms with Crippen LogP contribution < -0.4 is 11.1 Å². The predicted octanol–water partition coefficient (Wildman–Crippen LogP) is 3.20. The number of aromatic nitrogens is 4. The fraction of sp³-hybridized carbons (Fsp3) is 0.0526. The lowest BCUT2D eigenvalue weighted by Crippen LogP contribution is -2.15. The van der Waals surface area contributed by atoms with Gasteiger partial charge >= 0.3 is 0 Å². The molecule has 0 bridgehead atoms. The first-order chi connectivity index (χ1) is 12.3. The van der Waals surface area contributed by atoms with Crippen LogP contribution in [0.15, 0.2) is 73.2 Å². The molecule has 0 saturated heterocycles. The van der Waals surface area contributed by atoms with Crippen LogP contribution in [0.5, 0.6) is 0 Å². The van der Waals surface area contributed by atoms with Crippen molar-refractivity contribution in [3.63, 3.8) is 0 Å². The van der Waals surface area contributed by atoms with Crippen molar-refractivity contribution in [3.05, 3.63) is 84.4 Å². The second kappa shape index (κ2) is 6.52. The maximum Gasteiger partial charge on any atom is 0.166 e. The minimum atomic E-state index is -0.141. The zero-order chi connectivity index (χ0) is 17.1. The molecule has 0 unspecified atom stereocenters. The number of nitrogen functional groups attached to an aromatic ring is 1. The first-order valence-corrected chi connectivity index (χ1v) is 7.91. The molecule has 0 amide bonds. The Kier molecular flexibility index (Phi) is 3.92. The van der Waals surface area contributed by atoms with Gasteiger partial charge in [-0.2, -0.15) is 0 Å². The van der Waals surface area contributed by atoms with Crippen molar-refractivity contribution in [2.75, 3.05) is 11.1 Å². The summed E-state index contributed by atoms with van der Waals surface area (Å²) >= 11 is 0. The van der Waals surface area contributed by atoms with Crippen LogP contribution in [0.25, 0.3) is 11.0 Å². The van der Waals surface area contributed by atoms with Gasteiger partial charge in [0.25, 0.3) is 0 Å². The number of anilines is 2. The number of fused-ring (bicyclic) bond motifs is 1. The Balaban J connectivity index is 1.80. The van der Waals surface area contributed by atoms with Gasteiger partial charge in [0.2, 0.25) is 0 Å². The molecule has 25 heavy (non-hydrogen) atoms. The Hall–Kier alpha value is -3.54. The lowest BCUT2D eigenvalue weighted by Gasteiger charge is -2.20. The average Bonchev–Trinajstić information content (AvgIpc) is 2.67. The summed E-state index contributed by atoms with van der Waals surface area (Å²) in [5.41, 5.74) is 8.32. The third-order valence-electron chi connectivity index (χ3n) is 3.92. The summed E-state index contributed by atoms with van der Waals surface area (Å²) in [4.78, 5) is 17.4. The molecule has 1 aromatic carbocycles. The lowest BCUT2D eigenvalue weighted by molar-refractivity contribution is 0.879. The molecule has 1 atom stereocenters. The number of benzene rings is 1. The standard InChI is InChI=1S/C19H16N6/c20-16-10-9-14-18(24-16)22-12-23-19(14)25-17(13-6-2-1-3-7-13)15-8-4-5-11-21-15/h1-12,17H,(H3,20,22,23,24,25)/t17-/m0/s1. The molecular weight excluding hydrogens is 312 g/mol. The Labute approximate surface area is 144 Å². The highest BCUT2D eigenvalue weighted by Gasteiger charge is 2.17. The summed E-state index contributed by atoms with van der Waals surface area (Å²) in [6, 6.07) is 19.5. The van der Waals surface area contributed by atoms with E-state index < -0.39 is 0 Å². The van der Waals surface area contributed by atoms with E-state index in [0.29, 0.717) is 17.3 Å². The summed E-state index contributed by atoms with van der Waals surface area (Å²) < 4.78 is 0. The van der Waals surface area contributed by atoms with Crippen molar-refractivity contribution in [3.8, 4) is 0 Å². The fourth-order valence-electron chi connectivity index (χ4n) is 2.73. The van der Waals surface area contributed by atoms with Gasteiger partial charge < -0.3 is 11.1 Å². The van der Waals surface area contributed by atoms with E-state index in [-0.39, 0.29) is 6.04 Å². The quantitative estimate of drug-likeness (QED) is 0.598. The van der Waals surface area contributed by atoms with Gasteiger partial charge in [-0.1, -0.05) is 36.4 Å². The van der Waals surface area contributed by atoms with Crippen molar-refractivity contribution in [1.82, 2.24) is 19.9 Å². The molecule has 6 nitrogen and oxygen atoms in total. The van der Waals surface area contributed by atoms with Gasteiger partial charge in [-0.15, -0.1) is 0 Å². The van der Waals surface area contributed by atoms with Crippen LogP contribution in [0.3, 0.4) is 0 Å². The number of rotatable bonds is 4. The molecule has 0 aliphatic heterocycles. The summed E-state index contributed by atoms with van der Waals surface area (Å²) in [6.45, 7) is 0. The molecule has 3 N–H and O–H groups in total. The van der Waals surface area contributed by atoms with E-state index in [1.54, 1.807) is 12.3 Å². The number of nitrogens with one attached hydrogen (secondary N) is 1. The molecule has 0 aliphatic rings. The Morgan fingerprint density at radius 1 is 0.840 bits per heavy atom. The van der Waals surface area contributed by atoms with Crippen LogP contribution in [-0.2, 0) is 0 Å². The second-order valence-corrected chi connectivity index (χ2v) is 5.57. The molecule has 3 aromatic heterocycles. The Bertz CT molecular complexity index is 949. The van der Waals surface area contributed by atoms with E-state index in [2.05, 4.69) is 37.4 Å². The van der Waals surface area contributed by atoms with E-state index in [1.165, 1.54) is 6.33 Å². The van der Waals surface area contributed by atoms with Crippen LogP contribution in [0.4, 0.5) is 11.6 Å². The normalized spacial score (nSPS) is 12.0. The van der Waals surface area contributed by atoms with Gasteiger partial charge in [-0.25, -0.2) is 15.0 Å². The summed E-state index contributed by atoms with van der Waals surface area (Å²) in [7, 11) is 0. The number of hydrogen-bond acceptors (Lipinski definition) is 6. The summed E-state index contributed by atoms with van der Waals surface area (Å²) in [5.74, 6) is 1.12. The van der Waals surface area contributed by atoms with Crippen molar-refractivity contribution in [2.24, 2.45) is 0 Å². The molecule has 0 aliphatic carbocycles. The molecule has 3 heterocycles. The molecule has 6 heteroatoms. The van der Waals surface area contributed by atoms with Crippen molar-refractivity contribution < 1.29 is 0 Å². The Morgan fingerprint density at radius 2 is 1.68 bits per heavy atom. The maximum absolute atomic E-state index is 5.76. The van der Waals surface area contributed by atoms with Crippen molar-refractivity contribution in [1.29, 1.82) is 0 Å². The van der Waals surface area contributed by atoms with Crippen LogP contribution >= 0.6 is 0 Å². The van der Waals surface area contributed by atoms with Crippen molar-refractivity contribution >= 4 is 22.7 Å². The number of nitrogens with two attached hydrogens (primary N) is 1. The topological polar surface area (TPSA) is 89.6 Å². The lowest BCUT2D eigenvalue weighted by atomic mass is 10.0. The third kappa shape index (κ3) is 3.10. The molecular formula is C19H16N6. The maximum atomic E-state index is 5.76. The minimum Gasteiger partial charge on any atom is -0.384 e. The SMILES string of the molecule is Nc1ccc2c(N[C@@H](c3ccccc3)c3ccccn3)ncnc2n1. The number of hydrogen-bond donors (Lipinski definition) is 2. The average molecular weight is 328 g/mol. The number of nitrogens with zero attached hydrogens (tertiary/aromatic N) is 4. The van der Waals surface area contributed by atoms with E-state index in [0.717, 1.165) is 16.6 Å². The first-order valence-electron chi connectivity index (χ1n) is 7.91. The fourth-order valence-corrected chi connectivity index (χ4v) is 2.73. The van der Waals surface area contributed by atoms with Gasteiger partial charge in [-0.05, 0) is 29.8 Å². The molecule has 0 fully saturated rings. The van der Waals surface area contributed by atoms with Gasteiger partial charge in [0.15, 0.2) is 5.65 Å². The van der Waals surface area contributed by atoms with Crippen LogP contribution in [0.2, 0.25) is 0 Å². The minimum absolute atomic E-state index is 0.141. The van der Waals surface area contributed by atoms with Gasteiger partial charge in [-0.3, -0.25) is 4.98 Å². The third-order valence-corrected chi connectivity index (χ3v) is 3.92. The zero-order valence-corrected chi connectivity index (χ0v) is 13.4. The molecule has 122 valence electrons. The largest absolute Gasteiger partial charge is 0.384 e. The zero-order valence-electron chi connectivity index (χ0n) is 13.4. The van der Waals surface area contributed by atoms with Gasteiger partial charge in [0.05, 0.1) is 17.1 Å². The van der Waals surface area contributed by atoms with Gasteiger partial charge in [0, 0.05) is 6.20 Å². The molecule has 4 aromatic rings. The summed E-state index contributed by atoms with van der Waals surface area (Å²) in [5, 5.41) is 4.29. The highest BCUT2D eigenvalue weighted by molar-refractivity contribution is 5.87. The monoisotopic (exact) mass is 328 g/mol. The van der Waals surface area contributed by atoms with E-state index in [9.17, 15) is 0 Å². The number of pyridine rings is 2. The first kappa shape index (κ1) is 15.0. The molecule has 0 saturated carbocycles. The predicted molar refractivity (Wildman–Crippen MR) is 97.9 cm³/mol.